The Hall–Kier alpha value is -1.22. The minimum absolute atomic E-state index is 0.334. The molecule has 2 rings (SSSR count). The van der Waals surface area contributed by atoms with E-state index < -0.39 is 0 Å². The number of hydrogen-bond donors (Lipinski definition) is 2. The van der Waals surface area contributed by atoms with Gasteiger partial charge >= 0.3 is 0 Å². The molecular weight excluding hydrogens is 214 g/mol. The predicted molar refractivity (Wildman–Crippen MR) is 68.9 cm³/mol. The predicted octanol–water partition coefficient (Wildman–Crippen LogP) is 2.43. The lowest BCUT2D eigenvalue weighted by molar-refractivity contribution is 0.362. The van der Waals surface area contributed by atoms with Crippen molar-refractivity contribution < 1.29 is 9.84 Å². The molecule has 0 bridgehead atoms. The summed E-state index contributed by atoms with van der Waals surface area (Å²) in [4.78, 5) is 0. The Bertz CT molecular complexity index is 384. The van der Waals surface area contributed by atoms with Crippen LogP contribution < -0.4 is 10.1 Å². The molecule has 94 valence electrons. The number of phenolic OH excluding ortho intramolecular Hbond substituents is 1. The van der Waals surface area contributed by atoms with Gasteiger partial charge in [0.05, 0.1) is 7.11 Å². The standard InChI is InChI=1S/C14H21NO2/c1-3-10-6-7-12(17-2)14(16)13(10)11-5-4-8-15-9-11/h6-7,11,15-16H,3-5,8-9H2,1-2H3. The van der Waals surface area contributed by atoms with Crippen LogP contribution in [0.15, 0.2) is 12.1 Å². The Labute approximate surface area is 103 Å². The monoisotopic (exact) mass is 235 g/mol. The third kappa shape index (κ3) is 2.39. The van der Waals surface area contributed by atoms with Gasteiger partial charge in [0.15, 0.2) is 11.5 Å². The van der Waals surface area contributed by atoms with Crippen molar-refractivity contribution in [1.29, 1.82) is 0 Å². The van der Waals surface area contributed by atoms with Crippen LogP contribution >= 0.6 is 0 Å². The van der Waals surface area contributed by atoms with Gasteiger partial charge in [0.2, 0.25) is 0 Å². The van der Waals surface area contributed by atoms with E-state index in [1.807, 2.05) is 6.07 Å². The molecule has 0 aliphatic carbocycles. The van der Waals surface area contributed by atoms with Crippen LogP contribution in [-0.4, -0.2) is 25.3 Å². The van der Waals surface area contributed by atoms with E-state index in [1.165, 1.54) is 12.0 Å². The van der Waals surface area contributed by atoms with Crippen LogP contribution in [-0.2, 0) is 6.42 Å². The lowest BCUT2D eigenvalue weighted by atomic mass is 9.86. The fourth-order valence-corrected chi connectivity index (χ4v) is 2.66. The van der Waals surface area contributed by atoms with Crippen molar-refractivity contribution in [3.63, 3.8) is 0 Å². The Kier molecular flexibility index (Phi) is 3.89. The highest BCUT2D eigenvalue weighted by Gasteiger charge is 2.23. The summed E-state index contributed by atoms with van der Waals surface area (Å²) in [6.45, 7) is 4.16. The number of phenols is 1. The van der Waals surface area contributed by atoms with Crippen LogP contribution in [0.5, 0.6) is 11.5 Å². The van der Waals surface area contributed by atoms with Gasteiger partial charge < -0.3 is 15.2 Å². The summed E-state index contributed by atoms with van der Waals surface area (Å²) in [6, 6.07) is 3.93. The van der Waals surface area contributed by atoms with E-state index in [2.05, 4.69) is 18.3 Å². The number of nitrogens with one attached hydrogen (secondary N) is 1. The number of rotatable bonds is 3. The molecule has 1 unspecified atom stereocenters. The second-order valence-corrected chi connectivity index (χ2v) is 4.59. The largest absolute Gasteiger partial charge is 0.504 e. The van der Waals surface area contributed by atoms with Gasteiger partial charge in [0.25, 0.3) is 0 Å². The van der Waals surface area contributed by atoms with Gasteiger partial charge in [-0.1, -0.05) is 13.0 Å². The van der Waals surface area contributed by atoms with E-state index in [0.717, 1.165) is 31.5 Å². The molecule has 3 nitrogen and oxygen atoms in total. The summed E-state index contributed by atoms with van der Waals surface area (Å²) in [7, 11) is 1.60. The van der Waals surface area contributed by atoms with Gasteiger partial charge in [-0.2, -0.15) is 0 Å². The first-order chi connectivity index (χ1) is 8.27. The molecule has 3 heteroatoms. The van der Waals surface area contributed by atoms with Crippen LogP contribution in [0, 0.1) is 0 Å². The molecule has 2 N–H and O–H groups in total. The summed E-state index contributed by atoms with van der Waals surface area (Å²) in [5, 5.41) is 13.7. The highest BCUT2D eigenvalue weighted by molar-refractivity contribution is 5.51. The van der Waals surface area contributed by atoms with E-state index >= 15 is 0 Å². The maximum absolute atomic E-state index is 10.3. The summed E-state index contributed by atoms with van der Waals surface area (Å²) in [5.41, 5.74) is 2.32. The van der Waals surface area contributed by atoms with Gasteiger partial charge in [-0.05, 0) is 37.4 Å². The van der Waals surface area contributed by atoms with Gasteiger partial charge in [0.1, 0.15) is 0 Å². The molecule has 0 saturated carbocycles. The number of aromatic hydroxyl groups is 1. The summed E-state index contributed by atoms with van der Waals surface area (Å²) in [6.07, 6.45) is 3.26. The number of methoxy groups -OCH3 is 1. The van der Waals surface area contributed by atoms with Crippen LogP contribution in [0.2, 0.25) is 0 Å². The van der Waals surface area contributed by atoms with Gasteiger partial charge in [-0.15, -0.1) is 0 Å². The molecule has 1 aromatic rings. The molecule has 1 atom stereocenters. The zero-order valence-corrected chi connectivity index (χ0v) is 10.6. The summed E-state index contributed by atoms with van der Waals surface area (Å²) < 4.78 is 5.21. The summed E-state index contributed by atoms with van der Waals surface area (Å²) >= 11 is 0. The van der Waals surface area contributed by atoms with Crippen molar-refractivity contribution in [2.75, 3.05) is 20.2 Å². The van der Waals surface area contributed by atoms with E-state index in [4.69, 9.17) is 4.74 Å². The zero-order chi connectivity index (χ0) is 12.3. The van der Waals surface area contributed by atoms with Gasteiger partial charge in [-0.3, -0.25) is 0 Å². The van der Waals surface area contributed by atoms with Crippen molar-refractivity contribution in [1.82, 2.24) is 5.32 Å². The molecule has 1 aliphatic rings. The first kappa shape index (κ1) is 12.2. The van der Waals surface area contributed by atoms with Crippen LogP contribution in [0.4, 0.5) is 0 Å². The normalized spacial score (nSPS) is 20.2. The molecule has 0 spiro atoms. The maximum Gasteiger partial charge on any atom is 0.161 e. The first-order valence-corrected chi connectivity index (χ1v) is 6.37. The molecule has 0 radical (unpaired) electrons. The number of benzene rings is 1. The van der Waals surface area contributed by atoms with Crippen molar-refractivity contribution in [2.24, 2.45) is 0 Å². The van der Waals surface area contributed by atoms with Crippen molar-refractivity contribution in [3.05, 3.63) is 23.3 Å². The Morgan fingerprint density at radius 2 is 2.29 bits per heavy atom. The van der Waals surface area contributed by atoms with E-state index in [-0.39, 0.29) is 0 Å². The minimum Gasteiger partial charge on any atom is -0.504 e. The molecular formula is C14H21NO2. The van der Waals surface area contributed by atoms with Crippen molar-refractivity contribution in [2.45, 2.75) is 32.1 Å². The van der Waals surface area contributed by atoms with Gasteiger partial charge in [0, 0.05) is 18.0 Å². The molecule has 17 heavy (non-hydrogen) atoms. The average Bonchev–Trinajstić information content (AvgIpc) is 2.39. The maximum atomic E-state index is 10.3. The highest BCUT2D eigenvalue weighted by atomic mass is 16.5. The van der Waals surface area contributed by atoms with Crippen molar-refractivity contribution in [3.8, 4) is 11.5 Å². The van der Waals surface area contributed by atoms with E-state index in [0.29, 0.717) is 17.4 Å². The topological polar surface area (TPSA) is 41.5 Å². The van der Waals surface area contributed by atoms with Crippen molar-refractivity contribution >= 4 is 0 Å². The third-order valence-corrected chi connectivity index (χ3v) is 3.58. The molecule has 1 aromatic carbocycles. The highest BCUT2D eigenvalue weighted by Crippen LogP contribution is 2.39. The quantitative estimate of drug-likeness (QED) is 0.845. The van der Waals surface area contributed by atoms with Crippen LogP contribution in [0.25, 0.3) is 0 Å². The van der Waals surface area contributed by atoms with Crippen LogP contribution in [0.1, 0.15) is 36.8 Å². The third-order valence-electron chi connectivity index (χ3n) is 3.58. The Morgan fingerprint density at radius 1 is 1.47 bits per heavy atom. The number of hydrogen-bond acceptors (Lipinski definition) is 3. The Morgan fingerprint density at radius 3 is 2.88 bits per heavy atom. The first-order valence-electron chi connectivity index (χ1n) is 6.37. The number of ether oxygens (including phenoxy) is 1. The molecule has 1 heterocycles. The molecule has 1 aliphatic heterocycles. The van der Waals surface area contributed by atoms with E-state index in [1.54, 1.807) is 7.11 Å². The van der Waals surface area contributed by atoms with E-state index in [9.17, 15) is 5.11 Å². The molecule has 1 fully saturated rings. The zero-order valence-electron chi connectivity index (χ0n) is 10.6. The second-order valence-electron chi connectivity index (χ2n) is 4.59. The van der Waals surface area contributed by atoms with Crippen LogP contribution in [0.3, 0.4) is 0 Å². The van der Waals surface area contributed by atoms with Gasteiger partial charge in [-0.25, -0.2) is 0 Å². The minimum atomic E-state index is 0.334. The fourth-order valence-electron chi connectivity index (χ4n) is 2.66. The summed E-state index contributed by atoms with van der Waals surface area (Å²) in [5.74, 6) is 1.33. The lowest BCUT2D eigenvalue weighted by Gasteiger charge is -2.26. The smallest absolute Gasteiger partial charge is 0.161 e. The molecule has 1 saturated heterocycles. The number of piperidine rings is 1. The average molecular weight is 235 g/mol. The SMILES string of the molecule is CCc1ccc(OC)c(O)c1C1CCCNC1. The molecule has 0 amide bonds. The molecule has 0 aromatic heterocycles. The fraction of sp³-hybridized carbons (Fsp3) is 0.571. The number of aryl methyl sites for hydroxylation is 1. The lowest BCUT2D eigenvalue weighted by Crippen LogP contribution is -2.29. The second kappa shape index (κ2) is 5.41. The Balaban J connectivity index is 2.40.